The van der Waals surface area contributed by atoms with Crippen LogP contribution in [-0.4, -0.2) is 0 Å². The smallest absolute Gasteiger partial charge is 0.123 e. The van der Waals surface area contributed by atoms with Crippen molar-refractivity contribution in [2.45, 2.75) is 26.9 Å². The summed E-state index contributed by atoms with van der Waals surface area (Å²) in [5.74, 6) is -0.167. The van der Waals surface area contributed by atoms with E-state index in [4.69, 9.17) is 0 Å². The SMILES string of the molecule is Cc1cc(F)ccc1CNCc1cscc1C. The van der Waals surface area contributed by atoms with Gasteiger partial charge in [-0.05, 0) is 59.0 Å². The molecule has 0 saturated carbocycles. The molecule has 1 N–H and O–H groups in total. The summed E-state index contributed by atoms with van der Waals surface area (Å²) in [4.78, 5) is 0. The van der Waals surface area contributed by atoms with E-state index in [1.807, 2.05) is 13.0 Å². The van der Waals surface area contributed by atoms with Crippen LogP contribution in [0.2, 0.25) is 0 Å². The predicted molar refractivity (Wildman–Crippen MR) is 70.7 cm³/mol. The first-order chi connectivity index (χ1) is 8.16. The molecule has 1 aromatic heterocycles. The second-order valence-corrected chi connectivity index (χ2v) is 5.00. The minimum Gasteiger partial charge on any atom is -0.309 e. The van der Waals surface area contributed by atoms with Gasteiger partial charge in [-0.25, -0.2) is 4.39 Å². The summed E-state index contributed by atoms with van der Waals surface area (Å²) in [6.45, 7) is 5.71. The van der Waals surface area contributed by atoms with Gasteiger partial charge < -0.3 is 5.32 Å². The van der Waals surface area contributed by atoms with Crippen LogP contribution < -0.4 is 5.32 Å². The average Bonchev–Trinajstić information content (AvgIpc) is 2.68. The first-order valence-electron chi connectivity index (χ1n) is 5.64. The molecule has 17 heavy (non-hydrogen) atoms. The van der Waals surface area contributed by atoms with E-state index in [1.54, 1.807) is 17.4 Å². The highest BCUT2D eigenvalue weighted by atomic mass is 32.1. The van der Waals surface area contributed by atoms with Crippen LogP contribution in [0.3, 0.4) is 0 Å². The number of hydrogen-bond acceptors (Lipinski definition) is 2. The zero-order chi connectivity index (χ0) is 12.3. The van der Waals surface area contributed by atoms with Crippen molar-refractivity contribution in [2.75, 3.05) is 0 Å². The summed E-state index contributed by atoms with van der Waals surface area (Å²) in [6.07, 6.45) is 0. The van der Waals surface area contributed by atoms with Crippen molar-refractivity contribution in [1.82, 2.24) is 5.32 Å². The number of aryl methyl sites for hydroxylation is 2. The lowest BCUT2D eigenvalue weighted by Gasteiger charge is -2.07. The zero-order valence-electron chi connectivity index (χ0n) is 10.1. The van der Waals surface area contributed by atoms with E-state index < -0.39 is 0 Å². The number of hydrogen-bond donors (Lipinski definition) is 1. The molecule has 1 nitrogen and oxygen atoms in total. The molecule has 0 bridgehead atoms. The molecule has 0 unspecified atom stereocenters. The first kappa shape index (κ1) is 12.3. The fraction of sp³-hybridized carbons (Fsp3) is 0.286. The fourth-order valence-electron chi connectivity index (χ4n) is 1.76. The number of nitrogens with one attached hydrogen (secondary N) is 1. The second kappa shape index (κ2) is 5.43. The first-order valence-corrected chi connectivity index (χ1v) is 6.58. The van der Waals surface area contributed by atoms with Crippen LogP contribution in [0.4, 0.5) is 4.39 Å². The quantitative estimate of drug-likeness (QED) is 0.869. The van der Waals surface area contributed by atoms with Crippen molar-refractivity contribution in [3.05, 3.63) is 57.0 Å². The van der Waals surface area contributed by atoms with Crippen LogP contribution >= 0.6 is 11.3 Å². The second-order valence-electron chi connectivity index (χ2n) is 4.25. The van der Waals surface area contributed by atoms with Gasteiger partial charge in [0.1, 0.15) is 5.82 Å². The summed E-state index contributed by atoms with van der Waals surface area (Å²) in [6, 6.07) is 4.94. The molecule has 0 spiro atoms. The maximum Gasteiger partial charge on any atom is 0.123 e. The van der Waals surface area contributed by atoms with Crippen molar-refractivity contribution in [1.29, 1.82) is 0 Å². The van der Waals surface area contributed by atoms with Crippen LogP contribution in [0.15, 0.2) is 29.0 Å². The van der Waals surface area contributed by atoms with Gasteiger partial charge >= 0.3 is 0 Å². The van der Waals surface area contributed by atoms with Gasteiger partial charge in [0.15, 0.2) is 0 Å². The number of thiophene rings is 1. The van der Waals surface area contributed by atoms with Gasteiger partial charge in [0, 0.05) is 13.1 Å². The molecular formula is C14H16FNS. The Balaban J connectivity index is 1.92. The third-order valence-corrected chi connectivity index (χ3v) is 3.81. The fourth-order valence-corrected chi connectivity index (χ4v) is 2.61. The average molecular weight is 249 g/mol. The molecule has 0 aliphatic carbocycles. The molecule has 1 heterocycles. The summed E-state index contributed by atoms with van der Waals surface area (Å²) in [5, 5.41) is 7.71. The monoisotopic (exact) mass is 249 g/mol. The molecule has 1 aromatic carbocycles. The lowest BCUT2D eigenvalue weighted by molar-refractivity contribution is 0.623. The molecule has 0 saturated heterocycles. The van der Waals surface area contributed by atoms with Gasteiger partial charge in [0.2, 0.25) is 0 Å². The van der Waals surface area contributed by atoms with Gasteiger partial charge in [0.25, 0.3) is 0 Å². The van der Waals surface area contributed by atoms with Crippen LogP contribution in [0, 0.1) is 19.7 Å². The normalized spacial score (nSPS) is 10.8. The standard InChI is InChI=1S/C14H16FNS/c1-10-5-14(15)4-3-12(10)6-16-7-13-9-17-8-11(13)2/h3-5,8-9,16H,6-7H2,1-2H3. The van der Waals surface area contributed by atoms with Crippen molar-refractivity contribution in [3.63, 3.8) is 0 Å². The predicted octanol–water partition coefficient (Wildman–Crippen LogP) is 3.79. The molecular weight excluding hydrogens is 233 g/mol. The minimum absolute atomic E-state index is 0.167. The minimum atomic E-state index is -0.167. The van der Waals surface area contributed by atoms with Crippen molar-refractivity contribution < 1.29 is 4.39 Å². The van der Waals surface area contributed by atoms with E-state index in [9.17, 15) is 4.39 Å². The zero-order valence-corrected chi connectivity index (χ0v) is 10.9. The molecule has 3 heteroatoms. The topological polar surface area (TPSA) is 12.0 Å². The highest BCUT2D eigenvalue weighted by Crippen LogP contribution is 2.14. The van der Waals surface area contributed by atoms with Crippen molar-refractivity contribution >= 4 is 11.3 Å². The largest absolute Gasteiger partial charge is 0.309 e. The molecule has 0 radical (unpaired) electrons. The van der Waals surface area contributed by atoms with Gasteiger partial charge in [-0.15, -0.1) is 0 Å². The van der Waals surface area contributed by atoms with E-state index in [0.29, 0.717) is 0 Å². The third kappa shape index (κ3) is 3.14. The Hall–Kier alpha value is -1.19. The Morgan fingerprint density at radius 2 is 1.82 bits per heavy atom. The van der Waals surface area contributed by atoms with Gasteiger partial charge in [-0.3, -0.25) is 0 Å². The van der Waals surface area contributed by atoms with E-state index in [-0.39, 0.29) is 5.82 Å². The van der Waals surface area contributed by atoms with Crippen LogP contribution in [0.25, 0.3) is 0 Å². The van der Waals surface area contributed by atoms with Crippen molar-refractivity contribution in [3.8, 4) is 0 Å². The lowest BCUT2D eigenvalue weighted by atomic mass is 10.1. The summed E-state index contributed by atoms with van der Waals surface area (Å²) >= 11 is 1.73. The van der Waals surface area contributed by atoms with Crippen LogP contribution in [-0.2, 0) is 13.1 Å². The Morgan fingerprint density at radius 3 is 2.47 bits per heavy atom. The summed E-state index contributed by atoms with van der Waals surface area (Å²) in [7, 11) is 0. The highest BCUT2D eigenvalue weighted by molar-refractivity contribution is 7.08. The van der Waals surface area contributed by atoms with E-state index in [0.717, 1.165) is 24.2 Å². The maximum absolute atomic E-state index is 12.9. The number of rotatable bonds is 4. The van der Waals surface area contributed by atoms with Crippen LogP contribution in [0.1, 0.15) is 22.3 Å². The molecule has 0 aliphatic heterocycles. The Labute approximate surface area is 105 Å². The Morgan fingerprint density at radius 1 is 1.06 bits per heavy atom. The Bertz CT molecular complexity index is 505. The van der Waals surface area contributed by atoms with Crippen LogP contribution in [0.5, 0.6) is 0 Å². The van der Waals surface area contributed by atoms with E-state index in [1.165, 1.54) is 17.2 Å². The molecule has 0 aliphatic rings. The Kier molecular flexibility index (Phi) is 3.92. The van der Waals surface area contributed by atoms with Gasteiger partial charge in [-0.2, -0.15) is 11.3 Å². The maximum atomic E-state index is 12.9. The number of benzene rings is 1. The molecule has 0 fully saturated rings. The van der Waals surface area contributed by atoms with Gasteiger partial charge in [0.05, 0.1) is 0 Å². The third-order valence-electron chi connectivity index (χ3n) is 2.90. The molecule has 90 valence electrons. The summed E-state index contributed by atoms with van der Waals surface area (Å²) in [5.41, 5.74) is 4.83. The van der Waals surface area contributed by atoms with Crippen molar-refractivity contribution in [2.24, 2.45) is 0 Å². The number of halogens is 1. The molecule has 2 rings (SSSR count). The highest BCUT2D eigenvalue weighted by Gasteiger charge is 2.01. The van der Waals surface area contributed by atoms with Gasteiger partial charge in [-0.1, -0.05) is 6.07 Å². The molecule has 0 atom stereocenters. The lowest BCUT2D eigenvalue weighted by Crippen LogP contribution is -2.13. The molecule has 0 amide bonds. The van der Waals surface area contributed by atoms with E-state index in [2.05, 4.69) is 23.0 Å². The molecule has 2 aromatic rings. The summed E-state index contributed by atoms with van der Waals surface area (Å²) < 4.78 is 12.9. The van der Waals surface area contributed by atoms with E-state index >= 15 is 0 Å².